The second-order valence-corrected chi connectivity index (χ2v) is 5.54. The highest BCUT2D eigenvalue weighted by atomic mass is 35.5. The number of aromatic nitrogens is 5. The molecule has 0 unspecified atom stereocenters. The zero-order valence-corrected chi connectivity index (χ0v) is 14.1. The minimum absolute atomic E-state index is 0.323. The molecule has 7 nitrogen and oxygen atoms in total. The number of halogens is 1. The smallest absolute Gasteiger partial charge is 0.225 e. The maximum atomic E-state index is 6.15. The van der Waals surface area contributed by atoms with Crippen molar-refractivity contribution in [1.82, 2.24) is 24.5 Å². The number of methoxy groups -OCH3 is 1. The first-order valence-electron chi connectivity index (χ1n) is 7.10. The van der Waals surface area contributed by atoms with Gasteiger partial charge in [-0.2, -0.15) is 9.97 Å². The van der Waals surface area contributed by atoms with Gasteiger partial charge in [0, 0.05) is 24.4 Å². The van der Waals surface area contributed by atoms with Crippen LogP contribution in [0.25, 0.3) is 11.2 Å². The predicted octanol–water partition coefficient (Wildman–Crippen LogP) is 2.59. The van der Waals surface area contributed by atoms with Crippen molar-refractivity contribution in [3.63, 3.8) is 0 Å². The molecule has 0 aliphatic carbocycles. The maximum absolute atomic E-state index is 6.15. The molecule has 3 aromatic heterocycles. The van der Waals surface area contributed by atoms with Crippen molar-refractivity contribution in [2.75, 3.05) is 19.5 Å². The van der Waals surface area contributed by atoms with Crippen LogP contribution in [0.5, 0.6) is 5.75 Å². The lowest BCUT2D eigenvalue weighted by Gasteiger charge is -2.13. The van der Waals surface area contributed by atoms with Gasteiger partial charge in [0.05, 0.1) is 25.7 Å². The van der Waals surface area contributed by atoms with Crippen LogP contribution in [0.15, 0.2) is 12.5 Å². The van der Waals surface area contributed by atoms with Crippen molar-refractivity contribution < 1.29 is 4.74 Å². The van der Waals surface area contributed by atoms with Crippen molar-refractivity contribution in [3.05, 3.63) is 34.5 Å². The number of rotatable bonds is 4. The molecule has 120 valence electrons. The molecule has 0 bridgehead atoms. The van der Waals surface area contributed by atoms with Gasteiger partial charge in [0.2, 0.25) is 5.95 Å². The van der Waals surface area contributed by atoms with Gasteiger partial charge in [0.15, 0.2) is 10.8 Å². The van der Waals surface area contributed by atoms with Gasteiger partial charge in [0.25, 0.3) is 0 Å². The normalized spacial score (nSPS) is 11.0. The molecular weight excluding hydrogens is 316 g/mol. The van der Waals surface area contributed by atoms with Crippen LogP contribution in [0.2, 0.25) is 5.15 Å². The number of pyridine rings is 1. The number of nitrogens with one attached hydrogen (secondary N) is 1. The van der Waals surface area contributed by atoms with Gasteiger partial charge >= 0.3 is 0 Å². The third-order valence-electron chi connectivity index (χ3n) is 3.71. The van der Waals surface area contributed by atoms with E-state index in [-0.39, 0.29) is 0 Å². The standard InChI is InChI=1S/C15H17ClN6O/c1-8-5-18-10(9(2)12(8)23-4)6-22-7-19-11-13(16)20-15(17-3)21-14(11)22/h5,7H,6H2,1-4H3,(H,17,20,21). The van der Waals surface area contributed by atoms with E-state index in [0.717, 1.165) is 22.6 Å². The number of nitrogens with zero attached hydrogens (tertiary/aromatic N) is 5. The number of ether oxygens (including phenoxy) is 1. The van der Waals surface area contributed by atoms with E-state index in [4.69, 9.17) is 16.3 Å². The molecule has 3 rings (SSSR count). The minimum atomic E-state index is 0.323. The predicted molar refractivity (Wildman–Crippen MR) is 89.2 cm³/mol. The highest BCUT2D eigenvalue weighted by molar-refractivity contribution is 6.33. The molecule has 3 aromatic rings. The zero-order valence-electron chi connectivity index (χ0n) is 13.4. The Balaban J connectivity index is 2.07. The summed E-state index contributed by atoms with van der Waals surface area (Å²) in [6.45, 7) is 4.49. The van der Waals surface area contributed by atoms with Gasteiger partial charge in [-0.15, -0.1) is 0 Å². The summed E-state index contributed by atoms with van der Waals surface area (Å²) in [5, 5.41) is 3.22. The Labute approximate surface area is 138 Å². The Kier molecular flexibility index (Phi) is 4.04. The van der Waals surface area contributed by atoms with Crippen LogP contribution in [0, 0.1) is 13.8 Å². The number of anilines is 1. The van der Waals surface area contributed by atoms with Crippen molar-refractivity contribution >= 4 is 28.7 Å². The van der Waals surface area contributed by atoms with Crippen LogP contribution in [0.1, 0.15) is 16.8 Å². The molecule has 0 aromatic carbocycles. The summed E-state index contributed by atoms with van der Waals surface area (Å²) in [5.41, 5.74) is 4.14. The van der Waals surface area contributed by atoms with Crippen LogP contribution in [-0.4, -0.2) is 38.7 Å². The number of imidazole rings is 1. The molecule has 0 aliphatic rings. The number of hydrogen-bond donors (Lipinski definition) is 1. The van der Waals surface area contributed by atoms with E-state index < -0.39 is 0 Å². The van der Waals surface area contributed by atoms with E-state index in [9.17, 15) is 0 Å². The molecule has 0 radical (unpaired) electrons. The average Bonchev–Trinajstić information content (AvgIpc) is 2.94. The molecule has 0 aliphatic heterocycles. The van der Waals surface area contributed by atoms with E-state index in [1.54, 1.807) is 26.7 Å². The lowest BCUT2D eigenvalue weighted by Crippen LogP contribution is -2.07. The largest absolute Gasteiger partial charge is 0.496 e. The summed E-state index contributed by atoms with van der Waals surface area (Å²) in [5.74, 6) is 1.30. The van der Waals surface area contributed by atoms with Crippen molar-refractivity contribution in [2.45, 2.75) is 20.4 Å². The molecule has 8 heteroatoms. The van der Waals surface area contributed by atoms with Gasteiger partial charge in [-0.1, -0.05) is 11.6 Å². The van der Waals surface area contributed by atoms with Crippen LogP contribution in [0.3, 0.4) is 0 Å². The number of hydrogen-bond acceptors (Lipinski definition) is 6. The van der Waals surface area contributed by atoms with Gasteiger partial charge in [-0.05, 0) is 13.8 Å². The Morgan fingerprint density at radius 2 is 2.04 bits per heavy atom. The van der Waals surface area contributed by atoms with Crippen molar-refractivity contribution in [1.29, 1.82) is 0 Å². The fraction of sp³-hybridized carbons (Fsp3) is 0.333. The highest BCUT2D eigenvalue weighted by Crippen LogP contribution is 2.26. The van der Waals surface area contributed by atoms with Crippen LogP contribution < -0.4 is 10.1 Å². The first-order chi connectivity index (χ1) is 11.0. The third kappa shape index (κ3) is 2.68. The first-order valence-corrected chi connectivity index (χ1v) is 7.48. The molecule has 3 heterocycles. The quantitative estimate of drug-likeness (QED) is 0.740. The zero-order chi connectivity index (χ0) is 16.6. The maximum Gasteiger partial charge on any atom is 0.225 e. The second-order valence-electron chi connectivity index (χ2n) is 5.18. The van der Waals surface area contributed by atoms with E-state index in [2.05, 4.69) is 25.3 Å². The molecule has 1 N–H and O–H groups in total. The lowest BCUT2D eigenvalue weighted by atomic mass is 10.1. The molecule has 0 atom stereocenters. The fourth-order valence-corrected chi connectivity index (χ4v) is 2.74. The Hall–Kier alpha value is -2.41. The summed E-state index contributed by atoms with van der Waals surface area (Å²) in [6.07, 6.45) is 3.50. The van der Waals surface area contributed by atoms with E-state index >= 15 is 0 Å². The molecule has 0 spiro atoms. The van der Waals surface area contributed by atoms with Gasteiger partial charge in [-0.25, -0.2) is 4.98 Å². The first kappa shape index (κ1) is 15.5. The topological polar surface area (TPSA) is 77.8 Å². The van der Waals surface area contributed by atoms with Gasteiger partial charge in [-0.3, -0.25) is 4.98 Å². The van der Waals surface area contributed by atoms with Gasteiger partial charge in [0.1, 0.15) is 11.3 Å². The summed E-state index contributed by atoms with van der Waals surface area (Å²) >= 11 is 6.15. The minimum Gasteiger partial charge on any atom is -0.496 e. The molecule has 0 saturated heterocycles. The van der Waals surface area contributed by atoms with E-state index in [0.29, 0.717) is 28.8 Å². The molecule has 0 saturated carbocycles. The van der Waals surface area contributed by atoms with Crippen molar-refractivity contribution in [3.8, 4) is 5.75 Å². The average molecular weight is 333 g/mol. The lowest BCUT2D eigenvalue weighted by molar-refractivity contribution is 0.406. The van der Waals surface area contributed by atoms with Crippen molar-refractivity contribution in [2.24, 2.45) is 0 Å². The summed E-state index contributed by atoms with van der Waals surface area (Å²) < 4.78 is 7.35. The van der Waals surface area contributed by atoms with E-state index in [1.807, 2.05) is 18.4 Å². The van der Waals surface area contributed by atoms with Crippen LogP contribution in [-0.2, 0) is 6.54 Å². The monoisotopic (exact) mass is 332 g/mol. The fourth-order valence-electron chi connectivity index (χ4n) is 2.53. The Morgan fingerprint density at radius 3 is 2.74 bits per heavy atom. The molecular formula is C15H17ClN6O. The summed E-state index contributed by atoms with van der Waals surface area (Å²) in [7, 11) is 3.41. The second kappa shape index (κ2) is 6.00. The molecule has 0 fully saturated rings. The molecule has 23 heavy (non-hydrogen) atoms. The van der Waals surface area contributed by atoms with Crippen LogP contribution in [0.4, 0.5) is 5.95 Å². The molecule has 0 amide bonds. The van der Waals surface area contributed by atoms with Gasteiger partial charge < -0.3 is 14.6 Å². The Bertz CT molecular complexity index is 876. The summed E-state index contributed by atoms with van der Waals surface area (Å²) in [6, 6.07) is 0. The Morgan fingerprint density at radius 1 is 1.26 bits per heavy atom. The SMILES string of the molecule is CNc1nc(Cl)c2ncn(Cc3ncc(C)c(OC)c3C)c2n1. The van der Waals surface area contributed by atoms with Crippen LogP contribution >= 0.6 is 11.6 Å². The summed E-state index contributed by atoms with van der Waals surface area (Å²) in [4.78, 5) is 17.4. The van der Waals surface area contributed by atoms with E-state index in [1.165, 1.54) is 0 Å². The third-order valence-corrected chi connectivity index (χ3v) is 3.98. The number of aryl methyl sites for hydroxylation is 1. The number of fused-ring (bicyclic) bond motifs is 1. The highest BCUT2D eigenvalue weighted by Gasteiger charge is 2.14.